The van der Waals surface area contributed by atoms with Crippen molar-refractivity contribution in [1.29, 1.82) is 0 Å². The summed E-state index contributed by atoms with van der Waals surface area (Å²) in [5.74, 6) is -0.340. The van der Waals surface area contributed by atoms with E-state index in [9.17, 15) is 14.9 Å². The molecule has 0 heterocycles. The van der Waals surface area contributed by atoms with Gasteiger partial charge >= 0.3 is 0 Å². The molecule has 0 atom stereocenters. The summed E-state index contributed by atoms with van der Waals surface area (Å²) in [6, 6.07) is 6.15. The van der Waals surface area contributed by atoms with E-state index in [1.54, 1.807) is 18.2 Å². The highest BCUT2D eigenvalue weighted by Crippen LogP contribution is 2.18. The van der Waals surface area contributed by atoms with Crippen LogP contribution >= 0.6 is 11.6 Å². The smallest absolute Gasteiger partial charge is 0.273 e. The number of rotatable bonds is 4. The molecule has 0 unspecified atom stereocenters. The normalized spacial score (nSPS) is 9.79. The van der Waals surface area contributed by atoms with Crippen LogP contribution in [-0.2, 0) is 11.2 Å². The molecule has 0 aliphatic rings. The summed E-state index contributed by atoms with van der Waals surface area (Å²) < 4.78 is 0. The molecule has 74 valence electrons. The van der Waals surface area contributed by atoms with Gasteiger partial charge in [0.25, 0.3) is 5.69 Å². The maximum atomic E-state index is 11.0. The molecule has 1 rings (SSSR count). The summed E-state index contributed by atoms with van der Waals surface area (Å²) in [7, 11) is 0. The van der Waals surface area contributed by atoms with Crippen LogP contribution in [0.3, 0.4) is 0 Å². The molecule has 0 aliphatic heterocycles. The minimum atomic E-state index is -0.503. The number of halogens is 1. The molecule has 4 nitrogen and oxygen atoms in total. The van der Waals surface area contributed by atoms with Crippen LogP contribution < -0.4 is 0 Å². The van der Waals surface area contributed by atoms with Gasteiger partial charge in [-0.3, -0.25) is 14.9 Å². The van der Waals surface area contributed by atoms with Gasteiger partial charge in [0.1, 0.15) is 0 Å². The van der Waals surface area contributed by atoms with Crippen molar-refractivity contribution in [2.75, 3.05) is 5.88 Å². The van der Waals surface area contributed by atoms with Crippen LogP contribution in [0.1, 0.15) is 5.56 Å². The minimum Gasteiger partial charge on any atom is -0.298 e. The molecule has 1 aromatic carbocycles. The van der Waals surface area contributed by atoms with E-state index in [4.69, 9.17) is 11.6 Å². The zero-order valence-electron chi connectivity index (χ0n) is 7.27. The number of para-hydroxylation sites is 1. The first-order valence-electron chi connectivity index (χ1n) is 3.95. The van der Waals surface area contributed by atoms with Gasteiger partial charge in [0.05, 0.1) is 10.8 Å². The molecule has 0 radical (unpaired) electrons. The Morgan fingerprint density at radius 3 is 2.64 bits per heavy atom. The lowest BCUT2D eigenvalue weighted by Gasteiger charge is -1.99. The van der Waals surface area contributed by atoms with Crippen molar-refractivity contribution in [3.8, 4) is 0 Å². The summed E-state index contributed by atoms with van der Waals surface area (Å²) in [4.78, 5) is 21.1. The number of nitrogens with zero attached hydrogens (tertiary/aromatic N) is 1. The Morgan fingerprint density at radius 1 is 1.43 bits per heavy atom. The van der Waals surface area contributed by atoms with Crippen molar-refractivity contribution in [3.63, 3.8) is 0 Å². The van der Waals surface area contributed by atoms with E-state index in [0.717, 1.165) is 0 Å². The Hall–Kier alpha value is -1.42. The fraction of sp³-hybridized carbons (Fsp3) is 0.222. The van der Waals surface area contributed by atoms with Gasteiger partial charge < -0.3 is 0 Å². The Labute approximate surface area is 85.6 Å². The zero-order valence-corrected chi connectivity index (χ0v) is 8.03. The Morgan fingerprint density at radius 2 is 2.07 bits per heavy atom. The summed E-state index contributed by atoms with van der Waals surface area (Å²) in [5.41, 5.74) is 0.370. The maximum absolute atomic E-state index is 11.0. The summed E-state index contributed by atoms with van der Waals surface area (Å²) in [5, 5.41) is 10.6. The highest BCUT2D eigenvalue weighted by Gasteiger charge is 2.14. The van der Waals surface area contributed by atoms with Gasteiger partial charge in [-0.15, -0.1) is 11.6 Å². The largest absolute Gasteiger partial charge is 0.298 e. The van der Waals surface area contributed by atoms with E-state index in [0.29, 0.717) is 5.56 Å². The molecule has 0 aromatic heterocycles. The Bertz CT molecular complexity index is 365. The van der Waals surface area contributed by atoms with Gasteiger partial charge in [-0.1, -0.05) is 18.2 Å². The highest BCUT2D eigenvalue weighted by molar-refractivity contribution is 6.27. The van der Waals surface area contributed by atoms with Crippen molar-refractivity contribution in [2.24, 2.45) is 0 Å². The average Bonchev–Trinajstić information content (AvgIpc) is 2.18. The first kappa shape index (κ1) is 10.7. The van der Waals surface area contributed by atoms with E-state index in [2.05, 4.69) is 0 Å². The molecular weight excluding hydrogens is 206 g/mol. The van der Waals surface area contributed by atoms with Crippen LogP contribution in [-0.4, -0.2) is 16.6 Å². The predicted octanol–water partition coefficient (Wildman–Crippen LogP) is 1.95. The quantitative estimate of drug-likeness (QED) is 0.436. The number of Topliss-reactive ketones (excluding diaryl/α,β-unsaturated/α-hetero) is 1. The molecule has 5 heteroatoms. The van der Waals surface area contributed by atoms with Gasteiger partial charge in [0.15, 0.2) is 5.78 Å². The van der Waals surface area contributed by atoms with Crippen molar-refractivity contribution >= 4 is 23.1 Å². The van der Waals surface area contributed by atoms with Crippen molar-refractivity contribution < 1.29 is 9.72 Å². The molecule has 0 N–H and O–H groups in total. The second-order valence-corrected chi connectivity index (χ2v) is 3.00. The number of ketones is 1. The third-order valence-electron chi connectivity index (χ3n) is 1.72. The lowest BCUT2D eigenvalue weighted by molar-refractivity contribution is -0.385. The van der Waals surface area contributed by atoms with Crippen LogP contribution in [0.25, 0.3) is 0 Å². The Kier molecular flexibility index (Phi) is 3.59. The van der Waals surface area contributed by atoms with E-state index in [1.807, 2.05) is 0 Å². The topological polar surface area (TPSA) is 60.2 Å². The number of hydrogen-bond donors (Lipinski definition) is 0. The van der Waals surface area contributed by atoms with Gasteiger partial charge in [0.2, 0.25) is 0 Å². The van der Waals surface area contributed by atoms with Gasteiger partial charge in [-0.25, -0.2) is 0 Å². The van der Waals surface area contributed by atoms with Gasteiger partial charge in [-0.2, -0.15) is 0 Å². The second kappa shape index (κ2) is 4.72. The lowest BCUT2D eigenvalue weighted by Crippen LogP contribution is -2.05. The third kappa shape index (κ3) is 2.53. The lowest BCUT2D eigenvalue weighted by atomic mass is 10.1. The van der Waals surface area contributed by atoms with Crippen LogP contribution in [0.2, 0.25) is 0 Å². The number of carbonyl (C=O) groups is 1. The summed E-state index contributed by atoms with van der Waals surface area (Å²) >= 11 is 5.31. The zero-order chi connectivity index (χ0) is 10.6. The molecule has 14 heavy (non-hydrogen) atoms. The van der Waals surface area contributed by atoms with Crippen LogP contribution in [0.15, 0.2) is 24.3 Å². The van der Waals surface area contributed by atoms with E-state index in [-0.39, 0.29) is 23.8 Å². The van der Waals surface area contributed by atoms with E-state index in [1.165, 1.54) is 6.07 Å². The van der Waals surface area contributed by atoms with Crippen LogP contribution in [0.5, 0.6) is 0 Å². The van der Waals surface area contributed by atoms with Crippen molar-refractivity contribution in [1.82, 2.24) is 0 Å². The first-order chi connectivity index (χ1) is 6.65. The molecule has 1 aromatic rings. The monoisotopic (exact) mass is 213 g/mol. The minimum absolute atomic E-state index is 0.0145. The van der Waals surface area contributed by atoms with E-state index >= 15 is 0 Å². The van der Waals surface area contributed by atoms with Crippen LogP contribution in [0.4, 0.5) is 5.69 Å². The second-order valence-electron chi connectivity index (χ2n) is 2.73. The first-order valence-corrected chi connectivity index (χ1v) is 4.48. The summed E-state index contributed by atoms with van der Waals surface area (Å²) in [6.45, 7) is 0. The third-order valence-corrected chi connectivity index (χ3v) is 2.02. The summed E-state index contributed by atoms with van der Waals surface area (Å²) in [6.07, 6.45) is 0.0145. The molecule has 0 bridgehead atoms. The average molecular weight is 214 g/mol. The predicted molar refractivity (Wildman–Crippen MR) is 52.5 cm³/mol. The number of alkyl halides is 1. The van der Waals surface area contributed by atoms with Gasteiger partial charge in [0, 0.05) is 18.1 Å². The number of nitro groups is 1. The molecule has 0 saturated heterocycles. The molecule has 0 fully saturated rings. The SMILES string of the molecule is O=C(CCl)Cc1ccccc1[N+](=O)[O-]. The molecule has 0 aliphatic carbocycles. The fourth-order valence-electron chi connectivity index (χ4n) is 1.10. The number of nitro benzene ring substituents is 1. The number of carbonyl (C=O) groups excluding carboxylic acids is 1. The highest BCUT2D eigenvalue weighted by atomic mass is 35.5. The molecule has 0 saturated carbocycles. The maximum Gasteiger partial charge on any atom is 0.273 e. The number of benzene rings is 1. The van der Waals surface area contributed by atoms with Crippen LogP contribution in [0, 0.1) is 10.1 Å². The molecular formula is C9H8ClNO3. The number of hydrogen-bond acceptors (Lipinski definition) is 3. The van der Waals surface area contributed by atoms with E-state index < -0.39 is 4.92 Å². The molecule has 0 amide bonds. The van der Waals surface area contributed by atoms with Crippen molar-refractivity contribution in [3.05, 3.63) is 39.9 Å². The molecule has 0 spiro atoms. The Balaban J connectivity index is 2.95. The van der Waals surface area contributed by atoms with Crippen molar-refractivity contribution in [2.45, 2.75) is 6.42 Å². The standard InChI is InChI=1S/C9H8ClNO3/c10-6-8(12)5-7-3-1-2-4-9(7)11(13)14/h1-4H,5-6H2. The van der Waals surface area contributed by atoms with Gasteiger partial charge in [-0.05, 0) is 0 Å². The fourth-order valence-corrected chi connectivity index (χ4v) is 1.19.